The predicted molar refractivity (Wildman–Crippen MR) is 103 cm³/mol. The molecule has 2 aromatic rings. The lowest BCUT2D eigenvalue weighted by atomic mass is 10.2. The van der Waals surface area contributed by atoms with Crippen LogP contribution < -0.4 is 4.90 Å². The monoisotopic (exact) mass is 345 g/mol. The number of anilines is 1. The van der Waals surface area contributed by atoms with E-state index in [4.69, 9.17) is 0 Å². The lowest BCUT2D eigenvalue weighted by Crippen LogP contribution is -2.37. The van der Waals surface area contributed by atoms with Gasteiger partial charge in [0, 0.05) is 44.8 Å². The third-order valence-electron chi connectivity index (χ3n) is 4.06. The number of benzene rings is 1. The van der Waals surface area contributed by atoms with Gasteiger partial charge in [0.05, 0.1) is 6.54 Å². The molecule has 0 radical (unpaired) electrons. The van der Waals surface area contributed by atoms with Gasteiger partial charge in [-0.1, -0.05) is 25.1 Å². The first kappa shape index (κ1) is 18.5. The Morgan fingerprint density at radius 1 is 1.04 bits per heavy atom. The maximum atomic E-state index is 12.5. The number of carbonyl (C=O) groups is 1. The molecule has 0 spiro atoms. The van der Waals surface area contributed by atoms with E-state index in [1.807, 2.05) is 26.0 Å². The van der Waals surface area contributed by atoms with Crippen LogP contribution in [0.1, 0.15) is 17.4 Å². The van der Waals surface area contributed by atoms with E-state index in [-0.39, 0.29) is 5.91 Å². The molecule has 0 fully saturated rings. The van der Waals surface area contributed by atoms with Crippen molar-refractivity contribution in [1.82, 2.24) is 9.80 Å². The normalized spacial score (nSPS) is 10.9. The van der Waals surface area contributed by atoms with Crippen molar-refractivity contribution in [3.8, 4) is 0 Å². The molecular formula is C19H27N3OS. The number of thiophene rings is 1. The third kappa shape index (κ3) is 5.35. The average molecular weight is 346 g/mol. The molecule has 0 aliphatic carbocycles. The fraction of sp³-hybridized carbons (Fsp3) is 0.421. The Hall–Kier alpha value is -1.85. The van der Waals surface area contributed by atoms with Crippen LogP contribution in [0, 0.1) is 0 Å². The van der Waals surface area contributed by atoms with E-state index < -0.39 is 0 Å². The maximum absolute atomic E-state index is 12.5. The highest BCUT2D eigenvalue weighted by molar-refractivity contribution is 7.09. The zero-order chi connectivity index (χ0) is 17.5. The highest BCUT2D eigenvalue weighted by Gasteiger charge is 2.14. The Morgan fingerprint density at radius 2 is 1.75 bits per heavy atom. The van der Waals surface area contributed by atoms with Crippen LogP contribution in [-0.4, -0.2) is 49.9 Å². The Balaban J connectivity index is 1.88. The minimum Gasteiger partial charge on any atom is -0.378 e. The van der Waals surface area contributed by atoms with Gasteiger partial charge in [-0.3, -0.25) is 9.69 Å². The molecule has 0 N–H and O–H groups in total. The zero-order valence-corrected chi connectivity index (χ0v) is 15.8. The fourth-order valence-electron chi connectivity index (χ4n) is 2.48. The lowest BCUT2D eigenvalue weighted by molar-refractivity contribution is -0.131. The molecule has 1 aromatic heterocycles. The van der Waals surface area contributed by atoms with E-state index in [9.17, 15) is 4.79 Å². The van der Waals surface area contributed by atoms with Crippen LogP contribution in [0.4, 0.5) is 5.69 Å². The van der Waals surface area contributed by atoms with Crippen LogP contribution in [0.3, 0.4) is 0 Å². The number of rotatable bonds is 8. The van der Waals surface area contributed by atoms with Gasteiger partial charge in [-0.15, -0.1) is 11.3 Å². The number of carbonyl (C=O) groups excluding carboxylic acids is 1. The van der Waals surface area contributed by atoms with Gasteiger partial charge in [-0.05, 0) is 35.7 Å². The van der Waals surface area contributed by atoms with Crippen molar-refractivity contribution in [2.45, 2.75) is 20.0 Å². The van der Waals surface area contributed by atoms with Crippen molar-refractivity contribution in [2.75, 3.05) is 39.1 Å². The second-order valence-electron chi connectivity index (χ2n) is 6.19. The molecule has 130 valence electrons. The standard InChI is InChI=1S/C19H27N3OS/c1-5-22(14-18-7-6-12-24-18)15-19(23)21(4)13-16-8-10-17(11-9-16)20(2)3/h6-12H,5,13-15H2,1-4H3. The van der Waals surface area contributed by atoms with E-state index in [0.29, 0.717) is 13.1 Å². The van der Waals surface area contributed by atoms with Crippen LogP contribution in [-0.2, 0) is 17.9 Å². The Kier molecular flexibility index (Phi) is 6.82. The Labute approximate surface area is 149 Å². The Bertz CT molecular complexity index is 623. The summed E-state index contributed by atoms with van der Waals surface area (Å²) in [6.07, 6.45) is 0. The first-order valence-corrected chi connectivity index (χ1v) is 9.12. The topological polar surface area (TPSA) is 26.8 Å². The molecular weight excluding hydrogens is 318 g/mol. The van der Waals surface area contributed by atoms with Crippen molar-refractivity contribution in [2.24, 2.45) is 0 Å². The first-order chi connectivity index (χ1) is 11.5. The molecule has 1 aromatic carbocycles. The summed E-state index contributed by atoms with van der Waals surface area (Å²) in [6.45, 7) is 4.91. The highest BCUT2D eigenvalue weighted by atomic mass is 32.1. The largest absolute Gasteiger partial charge is 0.378 e. The second-order valence-corrected chi connectivity index (χ2v) is 7.23. The molecule has 2 rings (SSSR count). The summed E-state index contributed by atoms with van der Waals surface area (Å²) in [6, 6.07) is 12.5. The third-order valence-corrected chi connectivity index (χ3v) is 4.93. The maximum Gasteiger partial charge on any atom is 0.236 e. The number of hydrogen-bond acceptors (Lipinski definition) is 4. The van der Waals surface area contributed by atoms with Crippen LogP contribution in [0.25, 0.3) is 0 Å². The Morgan fingerprint density at radius 3 is 2.29 bits per heavy atom. The molecule has 1 amide bonds. The highest BCUT2D eigenvalue weighted by Crippen LogP contribution is 2.14. The number of nitrogens with zero attached hydrogens (tertiary/aromatic N) is 3. The fourth-order valence-corrected chi connectivity index (χ4v) is 3.22. The van der Waals surface area contributed by atoms with Gasteiger partial charge < -0.3 is 9.80 Å². The summed E-state index contributed by atoms with van der Waals surface area (Å²) >= 11 is 1.74. The van der Waals surface area contributed by atoms with Crippen molar-refractivity contribution in [3.63, 3.8) is 0 Å². The van der Waals surface area contributed by atoms with Gasteiger partial charge in [0.15, 0.2) is 0 Å². The van der Waals surface area contributed by atoms with Crippen LogP contribution in [0.15, 0.2) is 41.8 Å². The molecule has 24 heavy (non-hydrogen) atoms. The van der Waals surface area contributed by atoms with Crippen molar-refractivity contribution in [1.29, 1.82) is 0 Å². The zero-order valence-electron chi connectivity index (χ0n) is 15.0. The van der Waals surface area contributed by atoms with Crippen molar-refractivity contribution >= 4 is 22.9 Å². The summed E-state index contributed by atoms with van der Waals surface area (Å²) in [5.41, 5.74) is 2.32. The quantitative estimate of drug-likeness (QED) is 0.734. The van der Waals surface area contributed by atoms with E-state index >= 15 is 0 Å². The van der Waals surface area contributed by atoms with E-state index in [1.165, 1.54) is 10.6 Å². The summed E-state index contributed by atoms with van der Waals surface area (Å²) in [5.74, 6) is 0.157. The predicted octanol–water partition coefficient (Wildman–Crippen LogP) is 3.29. The number of hydrogen-bond donors (Lipinski definition) is 0. The molecule has 0 unspecified atom stereocenters. The van der Waals surface area contributed by atoms with Gasteiger partial charge in [-0.25, -0.2) is 0 Å². The summed E-state index contributed by atoms with van der Waals surface area (Å²) in [4.78, 5) is 19.9. The molecule has 0 saturated carbocycles. The molecule has 0 bridgehead atoms. The molecule has 1 heterocycles. The van der Waals surface area contributed by atoms with Gasteiger partial charge in [-0.2, -0.15) is 0 Å². The smallest absolute Gasteiger partial charge is 0.236 e. The molecule has 4 nitrogen and oxygen atoms in total. The summed E-state index contributed by atoms with van der Waals surface area (Å²) in [7, 11) is 5.93. The summed E-state index contributed by atoms with van der Waals surface area (Å²) in [5, 5.41) is 2.08. The molecule has 0 saturated heterocycles. The van der Waals surface area contributed by atoms with Crippen LogP contribution >= 0.6 is 11.3 Å². The van der Waals surface area contributed by atoms with E-state index in [2.05, 4.69) is 58.5 Å². The second kappa shape index (κ2) is 8.85. The van der Waals surface area contributed by atoms with Gasteiger partial charge >= 0.3 is 0 Å². The molecule has 0 aliphatic heterocycles. The van der Waals surface area contributed by atoms with Crippen LogP contribution in [0.2, 0.25) is 0 Å². The average Bonchev–Trinajstić information content (AvgIpc) is 3.07. The van der Waals surface area contributed by atoms with E-state index in [0.717, 1.165) is 18.7 Å². The van der Waals surface area contributed by atoms with E-state index in [1.54, 1.807) is 11.3 Å². The molecule has 0 atom stereocenters. The van der Waals surface area contributed by atoms with Gasteiger partial charge in [0.1, 0.15) is 0 Å². The molecule has 0 aliphatic rings. The van der Waals surface area contributed by atoms with Crippen molar-refractivity contribution < 1.29 is 4.79 Å². The minimum absolute atomic E-state index is 0.157. The minimum atomic E-state index is 0.157. The van der Waals surface area contributed by atoms with Crippen LogP contribution in [0.5, 0.6) is 0 Å². The van der Waals surface area contributed by atoms with Gasteiger partial charge in [0.2, 0.25) is 5.91 Å². The lowest BCUT2D eigenvalue weighted by Gasteiger charge is -2.24. The van der Waals surface area contributed by atoms with Crippen molar-refractivity contribution in [3.05, 3.63) is 52.2 Å². The van der Waals surface area contributed by atoms with Gasteiger partial charge in [0.25, 0.3) is 0 Å². The molecule has 5 heteroatoms. The number of amides is 1. The first-order valence-electron chi connectivity index (χ1n) is 8.24. The number of likely N-dealkylation sites (N-methyl/N-ethyl adjacent to an activating group) is 2. The summed E-state index contributed by atoms with van der Waals surface area (Å²) < 4.78 is 0. The SMILES string of the molecule is CCN(CC(=O)N(C)Cc1ccc(N(C)C)cc1)Cc1cccs1.